The van der Waals surface area contributed by atoms with Gasteiger partial charge in [-0.1, -0.05) is 58.6 Å². The zero-order valence-corrected chi connectivity index (χ0v) is 21.1. The molecule has 0 aromatic rings. The molecule has 0 saturated heterocycles. The van der Waals surface area contributed by atoms with Crippen molar-refractivity contribution >= 4 is 5.97 Å². The maximum Gasteiger partial charge on any atom is 0.303 e. The summed E-state index contributed by atoms with van der Waals surface area (Å²) in [5, 5.41) is 19.2. The minimum atomic E-state index is -0.659. The van der Waals surface area contributed by atoms with Crippen LogP contribution in [0.4, 0.5) is 0 Å². The predicted molar refractivity (Wildman–Crippen MR) is 130 cm³/mol. The van der Waals surface area contributed by atoms with Gasteiger partial charge in [-0.25, -0.2) is 0 Å². The van der Waals surface area contributed by atoms with Crippen LogP contribution in [0.1, 0.15) is 111 Å². The summed E-state index contributed by atoms with van der Waals surface area (Å²) in [7, 11) is 0. The molecule has 4 aliphatic carbocycles. The van der Waals surface area contributed by atoms with Crippen LogP contribution >= 0.6 is 0 Å². The Kier molecular flexibility index (Phi) is 7.16. The van der Waals surface area contributed by atoms with Crippen molar-refractivity contribution in [3.8, 4) is 0 Å². The SMILES string of the molecule is CC(CCC[C@@H](C)[C@H]1CC[C@H]2[C@@H]3CC=C4C[C@@H](O)CC[C@]4(C)[C@H]3CC[C@]12C)CCC(=O)O. The number of aliphatic hydroxyl groups is 1. The monoisotopic (exact) mass is 444 g/mol. The fourth-order valence-corrected chi connectivity index (χ4v) is 9.12. The average molecular weight is 445 g/mol. The molecular weight excluding hydrogens is 396 g/mol. The van der Waals surface area contributed by atoms with Crippen molar-refractivity contribution in [2.24, 2.45) is 46.3 Å². The Morgan fingerprint density at radius 3 is 2.59 bits per heavy atom. The van der Waals surface area contributed by atoms with Crippen molar-refractivity contribution in [1.29, 1.82) is 0 Å². The van der Waals surface area contributed by atoms with Gasteiger partial charge in [-0.3, -0.25) is 4.79 Å². The molecule has 0 bridgehead atoms. The molecule has 0 aromatic carbocycles. The van der Waals surface area contributed by atoms with Gasteiger partial charge < -0.3 is 10.2 Å². The van der Waals surface area contributed by atoms with E-state index in [1.54, 1.807) is 5.57 Å². The molecule has 2 N–H and O–H groups in total. The zero-order chi connectivity index (χ0) is 23.1. The predicted octanol–water partition coefficient (Wildman–Crippen LogP) is 7.23. The second-order valence-corrected chi connectivity index (χ2v) is 12.8. The van der Waals surface area contributed by atoms with E-state index in [0.29, 0.717) is 23.2 Å². The largest absolute Gasteiger partial charge is 0.481 e. The van der Waals surface area contributed by atoms with Gasteiger partial charge in [0.1, 0.15) is 0 Å². The molecule has 32 heavy (non-hydrogen) atoms. The van der Waals surface area contributed by atoms with E-state index in [9.17, 15) is 9.90 Å². The summed E-state index contributed by atoms with van der Waals surface area (Å²) in [6, 6.07) is 0. The number of carbonyl (C=O) groups is 1. The molecule has 9 atom stereocenters. The third kappa shape index (κ3) is 4.44. The maximum absolute atomic E-state index is 10.8. The van der Waals surface area contributed by atoms with Crippen molar-refractivity contribution in [2.75, 3.05) is 0 Å². The molecule has 3 fully saturated rings. The van der Waals surface area contributed by atoms with Crippen LogP contribution in [0.2, 0.25) is 0 Å². The molecule has 0 aromatic heterocycles. The van der Waals surface area contributed by atoms with Crippen molar-refractivity contribution in [2.45, 2.75) is 117 Å². The summed E-state index contributed by atoms with van der Waals surface area (Å²) in [4.78, 5) is 10.8. The highest BCUT2D eigenvalue weighted by Crippen LogP contribution is 2.67. The van der Waals surface area contributed by atoms with E-state index in [-0.39, 0.29) is 6.10 Å². The number of allylic oxidation sites excluding steroid dienone is 1. The molecular formula is C29H48O3. The lowest BCUT2D eigenvalue weighted by molar-refractivity contribution is -0.137. The first-order valence-corrected chi connectivity index (χ1v) is 13.7. The summed E-state index contributed by atoms with van der Waals surface area (Å²) in [6.45, 7) is 9.90. The molecule has 0 radical (unpaired) electrons. The van der Waals surface area contributed by atoms with Crippen LogP contribution in [0.3, 0.4) is 0 Å². The van der Waals surface area contributed by atoms with Crippen LogP contribution in [-0.2, 0) is 4.79 Å². The summed E-state index contributed by atoms with van der Waals surface area (Å²) < 4.78 is 0. The summed E-state index contributed by atoms with van der Waals surface area (Å²) in [6.07, 6.45) is 17.3. The number of aliphatic carboxylic acids is 1. The van der Waals surface area contributed by atoms with Gasteiger partial charge in [-0.05, 0) is 104 Å². The van der Waals surface area contributed by atoms with E-state index in [1.165, 1.54) is 57.8 Å². The van der Waals surface area contributed by atoms with E-state index in [2.05, 4.69) is 33.8 Å². The van der Waals surface area contributed by atoms with Crippen LogP contribution in [-0.4, -0.2) is 22.3 Å². The second-order valence-electron chi connectivity index (χ2n) is 12.8. The first-order valence-electron chi connectivity index (χ1n) is 13.7. The van der Waals surface area contributed by atoms with Gasteiger partial charge in [-0.15, -0.1) is 0 Å². The van der Waals surface area contributed by atoms with Crippen molar-refractivity contribution < 1.29 is 15.0 Å². The lowest BCUT2D eigenvalue weighted by Gasteiger charge is -2.58. The fourth-order valence-electron chi connectivity index (χ4n) is 9.12. The van der Waals surface area contributed by atoms with Gasteiger partial charge in [0.25, 0.3) is 0 Å². The molecule has 3 nitrogen and oxygen atoms in total. The van der Waals surface area contributed by atoms with Gasteiger partial charge in [0.15, 0.2) is 0 Å². The van der Waals surface area contributed by atoms with E-state index >= 15 is 0 Å². The third-order valence-corrected chi connectivity index (χ3v) is 11.0. The highest BCUT2D eigenvalue weighted by Gasteiger charge is 2.59. The highest BCUT2D eigenvalue weighted by molar-refractivity contribution is 5.66. The van der Waals surface area contributed by atoms with Crippen LogP contribution < -0.4 is 0 Å². The first-order chi connectivity index (χ1) is 15.1. The zero-order valence-electron chi connectivity index (χ0n) is 21.1. The molecule has 1 unspecified atom stereocenters. The van der Waals surface area contributed by atoms with E-state index < -0.39 is 5.97 Å². The van der Waals surface area contributed by atoms with Crippen LogP contribution in [0.15, 0.2) is 11.6 Å². The lowest BCUT2D eigenvalue weighted by atomic mass is 9.47. The van der Waals surface area contributed by atoms with E-state index in [4.69, 9.17) is 5.11 Å². The molecule has 3 heteroatoms. The molecule has 0 spiro atoms. The molecule has 0 aliphatic heterocycles. The van der Waals surface area contributed by atoms with Crippen molar-refractivity contribution in [1.82, 2.24) is 0 Å². The van der Waals surface area contributed by atoms with Crippen molar-refractivity contribution in [3.05, 3.63) is 11.6 Å². The van der Waals surface area contributed by atoms with E-state index in [0.717, 1.165) is 48.9 Å². The normalized spacial score (nSPS) is 42.9. The Labute approximate surface area is 196 Å². The van der Waals surface area contributed by atoms with Crippen LogP contribution in [0.5, 0.6) is 0 Å². The van der Waals surface area contributed by atoms with Gasteiger partial charge in [0.2, 0.25) is 0 Å². The Hall–Kier alpha value is -0.830. The number of hydrogen-bond donors (Lipinski definition) is 2. The summed E-state index contributed by atoms with van der Waals surface area (Å²) in [5.41, 5.74) is 2.44. The quantitative estimate of drug-likeness (QED) is 0.388. The van der Waals surface area contributed by atoms with Gasteiger partial charge in [-0.2, -0.15) is 0 Å². The highest BCUT2D eigenvalue weighted by atomic mass is 16.4. The van der Waals surface area contributed by atoms with Gasteiger partial charge >= 0.3 is 5.97 Å². The fraction of sp³-hybridized carbons (Fsp3) is 0.897. The average Bonchev–Trinajstić information content (AvgIpc) is 3.10. The number of aliphatic hydroxyl groups excluding tert-OH is 1. The standard InChI is InChI=1S/C29H48O3/c1-19(8-13-27(31)32)6-5-7-20(2)24-11-12-25-23-10-9-21-18-22(30)14-16-28(21,3)26(23)15-17-29(24,25)4/h9,19-20,22-26,30H,5-8,10-18H2,1-4H3,(H,31,32)/t19?,20-,22+,23+,24-,25+,26+,28+,29-/m1/s1. The molecule has 3 saturated carbocycles. The lowest BCUT2D eigenvalue weighted by Crippen LogP contribution is -2.50. The first kappa shape index (κ1) is 24.3. The Balaban J connectivity index is 1.37. The van der Waals surface area contributed by atoms with Crippen LogP contribution in [0, 0.1) is 46.3 Å². The number of fused-ring (bicyclic) bond motifs is 5. The topological polar surface area (TPSA) is 57.5 Å². The van der Waals surface area contributed by atoms with E-state index in [1.807, 2.05) is 0 Å². The van der Waals surface area contributed by atoms with Crippen LogP contribution in [0.25, 0.3) is 0 Å². The Morgan fingerprint density at radius 1 is 1.06 bits per heavy atom. The molecule has 4 rings (SSSR count). The maximum atomic E-state index is 10.8. The number of carboxylic acids is 1. The minimum Gasteiger partial charge on any atom is -0.481 e. The van der Waals surface area contributed by atoms with Crippen molar-refractivity contribution in [3.63, 3.8) is 0 Å². The number of carboxylic acid groups (broad SMARTS) is 1. The second kappa shape index (κ2) is 9.43. The summed E-state index contributed by atoms with van der Waals surface area (Å²) >= 11 is 0. The Morgan fingerprint density at radius 2 is 1.84 bits per heavy atom. The molecule has 4 aliphatic rings. The molecule has 0 amide bonds. The third-order valence-electron chi connectivity index (χ3n) is 11.0. The summed E-state index contributed by atoms with van der Waals surface area (Å²) in [5.74, 6) is 4.07. The molecule has 0 heterocycles. The number of rotatable bonds is 8. The Bertz CT molecular complexity index is 713. The van der Waals surface area contributed by atoms with Gasteiger partial charge in [0, 0.05) is 6.42 Å². The number of hydrogen-bond acceptors (Lipinski definition) is 2. The molecule has 182 valence electrons. The van der Waals surface area contributed by atoms with Gasteiger partial charge in [0.05, 0.1) is 6.10 Å². The minimum absolute atomic E-state index is 0.108. The smallest absolute Gasteiger partial charge is 0.303 e.